The van der Waals surface area contributed by atoms with Gasteiger partial charge in [-0.15, -0.1) is 0 Å². The topological polar surface area (TPSA) is 50.3 Å². The van der Waals surface area contributed by atoms with Crippen molar-refractivity contribution in [3.63, 3.8) is 0 Å². The molecule has 1 aliphatic heterocycles. The first-order valence-corrected chi connectivity index (χ1v) is 7.92. The first-order chi connectivity index (χ1) is 11.5. The SMILES string of the molecule is FC(F)(F)c1nc(NCCCN2CCOCC2)c2ccccc2n1. The monoisotopic (exact) mass is 340 g/mol. The quantitative estimate of drug-likeness (QED) is 0.848. The van der Waals surface area contributed by atoms with Gasteiger partial charge >= 0.3 is 6.18 Å². The van der Waals surface area contributed by atoms with Crippen molar-refractivity contribution in [1.29, 1.82) is 0 Å². The van der Waals surface area contributed by atoms with Crippen molar-refractivity contribution in [2.75, 3.05) is 44.7 Å². The molecular weight excluding hydrogens is 321 g/mol. The molecule has 0 radical (unpaired) electrons. The molecule has 5 nitrogen and oxygen atoms in total. The summed E-state index contributed by atoms with van der Waals surface area (Å²) in [6.45, 7) is 4.70. The van der Waals surface area contributed by atoms with Crippen LogP contribution in [0, 0.1) is 0 Å². The first-order valence-electron chi connectivity index (χ1n) is 7.92. The van der Waals surface area contributed by atoms with Gasteiger partial charge in [0.05, 0.1) is 18.7 Å². The van der Waals surface area contributed by atoms with Crippen molar-refractivity contribution in [2.24, 2.45) is 0 Å². The second-order valence-corrected chi connectivity index (χ2v) is 5.65. The van der Waals surface area contributed by atoms with E-state index in [1.807, 2.05) is 0 Å². The van der Waals surface area contributed by atoms with Crippen molar-refractivity contribution >= 4 is 16.7 Å². The number of para-hydroxylation sites is 1. The standard InChI is InChI=1S/C16H19F3N4O/c17-16(18,19)15-21-13-5-2-1-4-12(13)14(22-15)20-6-3-7-23-8-10-24-11-9-23/h1-2,4-5H,3,6-11H2,(H,20,21,22). The van der Waals surface area contributed by atoms with Gasteiger partial charge in [-0.05, 0) is 25.1 Å². The number of nitrogens with one attached hydrogen (secondary N) is 1. The summed E-state index contributed by atoms with van der Waals surface area (Å²) in [5, 5.41) is 3.63. The van der Waals surface area contributed by atoms with Gasteiger partial charge in [0.15, 0.2) is 0 Å². The summed E-state index contributed by atoms with van der Waals surface area (Å²) in [6, 6.07) is 6.71. The summed E-state index contributed by atoms with van der Waals surface area (Å²) >= 11 is 0. The second kappa shape index (κ2) is 7.31. The average Bonchev–Trinajstić information content (AvgIpc) is 2.58. The summed E-state index contributed by atoms with van der Waals surface area (Å²) in [5.41, 5.74) is 0.288. The van der Waals surface area contributed by atoms with Crippen LogP contribution in [0.2, 0.25) is 0 Å². The number of rotatable bonds is 5. The molecule has 0 bridgehead atoms. The van der Waals surface area contributed by atoms with E-state index in [1.54, 1.807) is 24.3 Å². The molecule has 130 valence electrons. The lowest BCUT2D eigenvalue weighted by molar-refractivity contribution is -0.144. The molecule has 0 atom stereocenters. The Labute approximate surface area is 137 Å². The fourth-order valence-electron chi connectivity index (χ4n) is 2.67. The molecule has 1 aliphatic rings. The van der Waals surface area contributed by atoms with E-state index in [0.717, 1.165) is 39.3 Å². The fraction of sp³-hybridized carbons (Fsp3) is 0.500. The molecule has 2 aromatic rings. The Morgan fingerprint density at radius 3 is 2.62 bits per heavy atom. The molecule has 1 aromatic carbocycles. The Morgan fingerprint density at radius 2 is 1.88 bits per heavy atom. The summed E-state index contributed by atoms with van der Waals surface area (Å²) in [7, 11) is 0. The number of morpholine rings is 1. The molecular formula is C16H19F3N4O. The summed E-state index contributed by atoms with van der Waals surface area (Å²) < 4.78 is 44.2. The molecule has 1 saturated heterocycles. The Balaban J connectivity index is 1.68. The van der Waals surface area contributed by atoms with Gasteiger partial charge in [-0.1, -0.05) is 12.1 Å². The minimum Gasteiger partial charge on any atom is -0.379 e. The van der Waals surface area contributed by atoms with E-state index in [9.17, 15) is 13.2 Å². The number of ether oxygens (including phenoxy) is 1. The molecule has 0 aliphatic carbocycles. The number of halogens is 3. The molecule has 0 spiro atoms. The normalized spacial score (nSPS) is 16.5. The Hall–Kier alpha value is -1.93. The third kappa shape index (κ3) is 4.12. The largest absolute Gasteiger partial charge is 0.451 e. The zero-order valence-electron chi connectivity index (χ0n) is 13.1. The highest BCUT2D eigenvalue weighted by atomic mass is 19.4. The summed E-state index contributed by atoms with van der Waals surface area (Å²) in [5.74, 6) is -0.883. The maximum atomic E-state index is 13.0. The van der Waals surface area contributed by atoms with Crippen LogP contribution in [0.15, 0.2) is 24.3 Å². The lowest BCUT2D eigenvalue weighted by Crippen LogP contribution is -2.37. The third-order valence-electron chi connectivity index (χ3n) is 3.90. The molecule has 1 fully saturated rings. The third-order valence-corrected chi connectivity index (χ3v) is 3.90. The van der Waals surface area contributed by atoms with Gasteiger partial charge in [-0.2, -0.15) is 13.2 Å². The zero-order chi connectivity index (χ0) is 17.0. The minimum atomic E-state index is -4.56. The fourth-order valence-corrected chi connectivity index (χ4v) is 2.67. The van der Waals surface area contributed by atoms with Crippen LogP contribution in [-0.2, 0) is 10.9 Å². The van der Waals surface area contributed by atoms with Crippen molar-refractivity contribution < 1.29 is 17.9 Å². The number of alkyl halides is 3. The Kier molecular flexibility index (Phi) is 5.15. The van der Waals surface area contributed by atoms with Crippen LogP contribution < -0.4 is 5.32 Å². The second-order valence-electron chi connectivity index (χ2n) is 5.65. The zero-order valence-corrected chi connectivity index (χ0v) is 13.1. The first kappa shape index (κ1) is 16.9. The number of aromatic nitrogens is 2. The van der Waals surface area contributed by atoms with E-state index in [4.69, 9.17) is 4.74 Å². The molecule has 0 amide bonds. The van der Waals surface area contributed by atoms with Crippen LogP contribution in [0.3, 0.4) is 0 Å². The number of fused-ring (bicyclic) bond motifs is 1. The van der Waals surface area contributed by atoms with E-state index in [-0.39, 0.29) is 11.3 Å². The van der Waals surface area contributed by atoms with E-state index < -0.39 is 12.0 Å². The summed E-state index contributed by atoms with van der Waals surface area (Å²) in [6.07, 6.45) is -3.74. The molecule has 0 saturated carbocycles. The van der Waals surface area contributed by atoms with Crippen LogP contribution in [0.5, 0.6) is 0 Å². The smallest absolute Gasteiger partial charge is 0.379 e. The van der Waals surface area contributed by atoms with Crippen LogP contribution >= 0.6 is 0 Å². The number of benzene rings is 1. The van der Waals surface area contributed by atoms with Gasteiger partial charge in [-0.25, -0.2) is 9.97 Å². The number of hydrogen-bond donors (Lipinski definition) is 1. The van der Waals surface area contributed by atoms with Crippen molar-refractivity contribution in [3.05, 3.63) is 30.1 Å². The van der Waals surface area contributed by atoms with Gasteiger partial charge in [0.2, 0.25) is 5.82 Å². The van der Waals surface area contributed by atoms with Crippen molar-refractivity contribution in [1.82, 2.24) is 14.9 Å². The highest BCUT2D eigenvalue weighted by Gasteiger charge is 2.35. The predicted molar refractivity (Wildman–Crippen MR) is 84.9 cm³/mol. The molecule has 24 heavy (non-hydrogen) atoms. The van der Waals surface area contributed by atoms with Crippen molar-refractivity contribution in [2.45, 2.75) is 12.6 Å². The molecule has 1 aromatic heterocycles. The number of nitrogens with zero attached hydrogens (tertiary/aromatic N) is 3. The molecule has 3 rings (SSSR count). The van der Waals surface area contributed by atoms with Crippen LogP contribution in [0.25, 0.3) is 10.9 Å². The lowest BCUT2D eigenvalue weighted by Gasteiger charge is -2.26. The van der Waals surface area contributed by atoms with E-state index in [2.05, 4.69) is 20.2 Å². The maximum Gasteiger partial charge on any atom is 0.451 e. The lowest BCUT2D eigenvalue weighted by atomic mass is 10.2. The maximum absolute atomic E-state index is 13.0. The van der Waals surface area contributed by atoms with Gasteiger partial charge in [0.25, 0.3) is 0 Å². The number of hydrogen-bond acceptors (Lipinski definition) is 5. The van der Waals surface area contributed by atoms with Gasteiger partial charge < -0.3 is 10.1 Å². The van der Waals surface area contributed by atoms with Crippen LogP contribution in [0.1, 0.15) is 12.2 Å². The summed E-state index contributed by atoms with van der Waals surface area (Å²) in [4.78, 5) is 9.57. The highest BCUT2D eigenvalue weighted by Crippen LogP contribution is 2.30. The van der Waals surface area contributed by atoms with E-state index in [0.29, 0.717) is 11.9 Å². The van der Waals surface area contributed by atoms with Crippen molar-refractivity contribution in [3.8, 4) is 0 Å². The number of anilines is 1. The predicted octanol–water partition coefficient (Wildman–Crippen LogP) is 2.78. The minimum absolute atomic E-state index is 0.231. The Bertz CT molecular complexity index is 687. The van der Waals surface area contributed by atoms with Crippen LogP contribution in [-0.4, -0.2) is 54.3 Å². The van der Waals surface area contributed by atoms with Crippen LogP contribution in [0.4, 0.5) is 19.0 Å². The highest BCUT2D eigenvalue weighted by molar-refractivity contribution is 5.89. The molecule has 1 N–H and O–H groups in total. The van der Waals surface area contributed by atoms with E-state index in [1.165, 1.54) is 0 Å². The van der Waals surface area contributed by atoms with Gasteiger partial charge in [0, 0.05) is 25.0 Å². The van der Waals surface area contributed by atoms with Gasteiger partial charge in [0.1, 0.15) is 5.82 Å². The molecule has 8 heteroatoms. The molecule has 0 unspecified atom stereocenters. The average molecular weight is 340 g/mol. The van der Waals surface area contributed by atoms with E-state index >= 15 is 0 Å². The Morgan fingerprint density at radius 1 is 1.12 bits per heavy atom. The molecule has 2 heterocycles. The van der Waals surface area contributed by atoms with Gasteiger partial charge in [-0.3, -0.25) is 4.90 Å².